The Kier molecular flexibility index (Phi) is 5.85. The highest BCUT2D eigenvalue weighted by Gasteiger charge is 2.27. The van der Waals surface area contributed by atoms with Gasteiger partial charge in [-0.2, -0.15) is 0 Å². The van der Waals surface area contributed by atoms with Gasteiger partial charge in [-0.25, -0.2) is 21.6 Å². The maximum Gasteiger partial charge on any atom is 0.337 e. The summed E-state index contributed by atoms with van der Waals surface area (Å²) < 4.78 is 58.5. The lowest BCUT2D eigenvalue weighted by atomic mass is 10.2. The van der Waals surface area contributed by atoms with Gasteiger partial charge >= 0.3 is 5.97 Å². The number of sulfonamides is 2. The molecule has 3 rings (SSSR count). The maximum atomic E-state index is 12.8. The molecule has 156 valence electrons. The van der Waals surface area contributed by atoms with Crippen LogP contribution in [-0.2, 0) is 24.8 Å². The van der Waals surface area contributed by atoms with Crippen LogP contribution in [0.1, 0.15) is 28.8 Å². The second-order valence-corrected chi connectivity index (χ2v) is 10.4. The Morgan fingerprint density at radius 2 is 1.79 bits per heavy atom. The molecule has 29 heavy (non-hydrogen) atoms. The quantitative estimate of drug-likeness (QED) is 0.719. The number of rotatable bonds is 5. The fourth-order valence-electron chi connectivity index (χ4n) is 3.17. The van der Waals surface area contributed by atoms with Crippen LogP contribution in [0.5, 0.6) is 0 Å². The number of esters is 1. The molecule has 0 spiro atoms. The number of methoxy groups -OCH3 is 1. The number of anilines is 2. The highest BCUT2D eigenvalue weighted by molar-refractivity contribution is 7.93. The number of nitrogens with zero attached hydrogens (tertiary/aromatic N) is 1. The molecule has 8 nitrogen and oxygen atoms in total. The van der Waals surface area contributed by atoms with Crippen LogP contribution in [0.25, 0.3) is 0 Å². The summed E-state index contributed by atoms with van der Waals surface area (Å²) in [6.07, 6.45) is 1.39. The lowest BCUT2D eigenvalue weighted by Gasteiger charge is -2.28. The molecule has 0 bridgehead atoms. The van der Waals surface area contributed by atoms with Crippen molar-refractivity contribution in [3.05, 3.63) is 53.6 Å². The van der Waals surface area contributed by atoms with Crippen molar-refractivity contribution < 1.29 is 26.4 Å². The average molecular weight is 439 g/mol. The molecule has 0 unspecified atom stereocenters. The van der Waals surface area contributed by atoms with Crippen LogP contribution in [0.4, 0.5) is 11.4 Å². The third-order valence-electron chi connectivity index (χ3n) is 4.64. The van der Waals surface area contributed by atoms with Crippen LogP contribution in [-0.4, -0.2) is 42.2 Å². The zero-order valence-corrected chi connectivity index (χ0v) is 17.7. The molecule has 0 aliphatic carbocycles. The van der Waals surface area contributed by atoms with E-state index in [1.54, 1.807) is 13.0 Å². The molecule has 2 aromatic carbocycles. The Morgan fingerprint density at radius 3 is 2.38 bits per heavy atom. The molecule has 1 aliphatic rings. The predicted molar refractivity (Wildman–Crippen MR) is 110 cm³/mol. The number of nitrogens with one attached hydrogen (secondary N) is 1. The van der Waals surface area contributed by atoms with Crippen molar-refractivity contribution in [3.8, 4) is 0 Å². The highest BCUT2D eigenvalue weighted by Crippen LogP contribution is 2.28. The molecule has 0 radical (unpaired) electrons. The summed E-state index contributed by atoms with van der Waals surface area (Å²) >= 11 is 0. The van der Waals surface area contributed by atoms with E-state index in [0.717, 1.165) is 6.42 Å². The van der Waals surface area contributed by atoms with Crippen molar-refractivity contribution >= 4 is 37.4 Å². The summed E-state index contributed by atoms with van der Waals surface area (Å²) in [5, 5.41) is 0. The monoisotopic (exact) mass is 438 g/mol. The second-order valence-electron chi connectivity index (χ2n) is 6.72. The predicted octanol–water partition coefficient (Wildman–Crippen LogP) is 2.51. The first-order chi connectivity index (χ1) is 13.6. The standard InChI is InChI=1S/C19H22N2O6S2/c1-14-13-17(21-11-3-4-12-28(21,23)24)9-10-18(14)29(25,26)20-16-7-5-15(6-8-16)19(22)27-2/h5-10,13,20H,3-4,11-12H2,1-2H3. The lowest BCUT2D eigenvalue weighted by Crippen LogP contribution is -2.37. The van der Waals surface area contributed by atoms with E-state index in [0.29, 0.717) is 35.5 Å². The number of hydrogen-bond acceptors (Lipinski definition) is 6. The minimum atomic E-state index is -3.89. The Hall–Kier alpha value is -2.59. The first kappa shape index (κ1) is 21.1. The van der Waals surface area contributed by atoms with Crippen molar-refractivity contribution in [2.24, 2.45) is 0 Å². The zero-order valence-electron chi connectivity index (χ0n) is 16.1. The van der Waals surface area contributed by atoms with Gasteiger partial charge in [0, 0.05) is 12.2 Å². The molecule has 2 aromatic rings. The fourth-order valence-corrected chi connectivity index (χ4v) is 6.09. The van der Waals surface area contributed by atoms with Gasteiger partial charge in [0.05, 0.1) is 29.0 Å². The number of benzene rings is 2. The molecule has 1 saturated heterocycles. The molecular weight excluding hydrogens is 416 g/mol. The molecule has 1 heterocycles. The first-order valence-electron chi connectivity index (χ1n) is 8.96. The summed E-state index contributed by atoms with van der Waals surface area (Å²) in [6.45, 7) is 2.01. The Bertz CT molecular complexity index is 1130. The van der Waals surface area contributed by atoms with Crippen molar-refractivity contribution in [3.63, 3.8) is 0 Å². The molecule has 1 aliphatic heterocycles. The topological polar surface area (TPSA) is 110 Å². The van der Waals surface area contributed by atoms with E-state index >= 15 is 0 Å². The first-order valence-corrected chi connectivity index (χ1v) is 12.1. The summed E-state index contributed by atoms with van der Waals surface area (Å²) in [5.74, 6) is -0.423. The van der Waals surface area contributed by atoms with Gasteiger partial charge in [-0.05, 0) is 67.8 Å². The molecule has 1 fully saturated rings. The van der Waals surface area contributed by atoms with Gasteiger partial charge in [-0.15, -0.1) is 0 Å². The third-order valence-corrected chi connectivity index (χ3v) is 8.05. The zero-order chi connectivity index (χ0) is 21.2. The minimum absolute atomic E-state index is 0.0488. The molecular formula is C19H22N2O6S2. The van der Waals surface area contributed by atoms with Crippen LogP contribution in [0.15, 0.2) is 47.4 Å². The summed E-state index contributed by atoms with van der Waals surface area (Å²) in [5.41, 5.74) is 1.49. The van der Waals surface area contributed by atoms with Crippen molar-refractivity contribution in [2.45, 2.75) is 24.7 Å². The van der Waals surface area contributed by atoms with Crippen LogP contribution in [0.3, 0.4) is 0 Å². The SMILES string of the molecule is COC(=O)c1ccc(NS(=O)(=O)c2ccc(N3CCCCS3(=O)=O)cc2C)cc1. The Balaban J connectivity index is 1.85. The van der Waals surface area contributed by atoms with Gasteiger partial charge in [-0.3, -0.25) is 9.03 Å². The number of carbonyl (C=O) groups is 1. The molecule has 0 aromatic heterocycles. The Labute approximate surface area is 170 Å². The van der Waals surface area contributed by atoms with Crippen molar-refractivity contribution in [2.75, 3.05) is 28.4 Å². The number of hydrogen-bond donors (Lipinski definition) is 1. The number of ether oxygens (including phenoxy) is 1. The Morgan fingerprint density at radius 1 is 1.10 bits per heavy atom. The molecule has 0 amide bonds. The minimum Gasteiger partial charge on any atom is -0.465 e. The van der Waals surface area contributed by atoms with Crippen molar-refractivity contribution in [1.29, 1.82) is 0 Å². The van der Waals surface area contributed by atoms with E-state index in [1.165, 1.54) is 47.8 Å². The van der Waals surface area contributed by atoms with Crippen LogP contribution in [0.2, 0.25) is 0 Å². The smallest absolute Gasteiger partial charge is 0.337 e. The molecule has 0 saturated carbocycles. The van der Waals surface area contributed by atoms with Gasteiger partial charge < -0.3 is 4.74 Å². The normalized spacial score (nSPS) is 16.3. The van der Waals surface area contributed by atoms with E-state index in [-0.39, 0.29) is 10.6 Å². The van der Waals surface area contributed by atoms with Gasteiger partial charge in [0.25, 0.3) is 10.0 Å². The number of aryl methyl sites for hydroxylation is 1. The molecule has 10 heteroatoms. The van der Waals surface area contributed by atoms with E-state index in [1.807, 2.05) is 0 Å². The van der Waals surface area contributed by atoms with Crippen LogP contribution in [0, 0.1) is 6.92 Å². The fraction of sp³-hybridized carbons (Fsp3) is 0.316. The van der Waals surface area contributed by atoms with E-state index in [9.17, 15) is 21.6 Å². The summed E-state index contributed by atoms with van der Waals surface area (Å²) in [7, 11) is -6.00. The van der Waals surface area contributed by atoms with E-state index < -0.39 is 26.0 Å². The summed E-state index contributed by atoms with van der Waals surface area (Å²) in [6, 6.07) is 10.3. The highest BCUT2D eigenvalue weighted by atomic mass is 32.2. The molecule has 0 atom stereocenters. The third kappa shape index (κ3) is 4.54. The second kappa shape index (κ2) is 8.03. The van der Waals surface area contributed by atoms with Gasteiger partial charge in [0.1, 0.15) is 0 Å². The van der Waals surface area contributed by atoms with Crippen LogP contribution >= 0.6 is 0 Å². The van der Waals surface area contributed by atoms with Crippen LogP contribution < -0.4 is 9.03 Å². The van der Waals surface area contributed by atoms with Gasteiger partial charge in [0.15, 0.2) is 0 Å². The average Bonchev–Trinajstić information content (AvgIpc) is 2.67. The van der Waals surface area contributed by atoms with Gasteiger partial charge in [0.2, 0.25) is 10.0 Å². The van der Waals surface area contributed by atoms with Crippen molar-refractivity contribution in [1.82, 2.24) is 0 Å². The van der Waals surface area contributed by atoms with E-state index in [4.69, 9.17) is 0 Å². The maximum absolute atomic E-state index is 12.8. The lowest BCUT2D eigenvalue weighted by molar-refractivity contribution is 0.0600. The largest absolute Gasteiger partial charge is 0.465 e. The van der Waals surface area contributed by atoms with Gasteiger partial charge in [-0.1, -0.05) is 0 Å². The summed E-state index contributed by atoms with van der Waals surface area (Å²) in [4.78, 5) is 11.5. The van der Waals surface area contributed by atoms with E-state index in [2.05, 4.69) is 9.46 Å². The number of carbonyl (C=O) groups excluding carboxylic acids is 1. The molecule has 1 N–H and O–H groups in total.